The van der Waals surface area contributed by atoms with Crippen molar-refractivity contribution >= 4 is 11.4 Å². The number of hydrogen-bond donors (Lipinski definition) is 2. The summed E-state index contributed by atoms with van der Waals surface area (Å²) in [6.45, 7) is 8.19. The van der Waals surface area contributed by atoms with E-state index in [-0.39, 0.29) is 0 Å². The highest BCUT2D eigenvalue weighted by molar-refractivity contribution is 5.86. The molecular weight excluding hydrogens is 552 g/mol. The Kier molecular flexibility index (Phi) is 6.86. The highest BCUT2D eigenvalue weighted by Crippen LogP contribution is 2.56. The van der Waals surface area contributed by atoms with Crippen molar-refractivity contribution in [2.75, 3.05) is 11.5 Å². The molecule has 0 fully saturated rings. The summed E-state index contributed by atoms with van der Waals surface area (Å²) in [5, 5.41) is 0. The van der Waals surface area contributed by atoms with Crippen LogP contribution in [-0.4, -0.2) is 0 Å². The van der Waals surface area contributed by atoms with Crippen LogP contribution >= 0.6 is 0 Å². The molecule has 0 saturated carbocycles. The fourth-order valence-corrected chi connectivity index (χ4v) is 6.74. The summed E-state index contributed by atoms with van der Waals surface area (Å²) in [5.41, 5.74) is 24.6. The van der Waals surface area contributed by atoms with E-state index in [9.17, 15) is 0 Å². The Labute approximate surface area is 264 Å². The smallest absolute Gasteiger partial charge is 0.132 e. The van der Waals surface area contributed by atoms with Crippen LogP contribution in [0, 0.1) is 27.7 Å². The van der Waals surface area contributed by atoms with Crippen LogP contribution in [0.2, 0.25) is 0 Å². The zero-order valence-corrected chi connectivity index (χ0v) is 26.0. The number of nitrogens with two attached hydrogens (primary N) is 2. The van der Waals surface area contributed by atoms with Crippen molar-refractivity contribution in [3.8, 4) is 34.1 Å². The SMILES string of the molecule is Cc1cc(C2(c3ccc(Oc4cccc(N)c4C)c(C)c3)c3ccccc3-c3ccccc32)ccc1Oc1cccc(N)c1C. The minimum atomic E-state index is -0.542. The number of fused-ring (bicyclic) bond motifs is 3. The summed E-state index contributed by atoms with van der Waals surface area (Å²) in [7, 11) is 0. The van der Waals surface area contributed by atoms with Crippen molar-refractivity contribution in [1.29, 1.82) is 0 Å². The summed E-state index contributed by atoms with van der Waals surface area (Å²) in [4.78, 5) is 0. The molecule has 4 nitrogen and oxygen atoms in total. The highest BCUT2D eigenvalue weighted by atomic mass is 16.5. The van der Waals surface area contributed by atoms with Crippen LogP contribution in [0.15, 0.2) is 121 Å². The Morgan fingerprint density at radius 2 is 0.867 bits per heavy atom. The van der Waals surface area contributed by atoms with Gasteiger partial charge in [-0.15, -0.1) is 0 Å². The fraction of sp³-hybridized carbons (Fsp3) is 0.122. The van der Waals surface area contributed by atoms with Gasteiger partial charge in [-0.25, -0.2) is 0 Å². The third kappa shape index (κ3) is 4.53. The molecule has 6 aromatic carbocycles. The van der Waals surface area contributed by atoms with E-state index >= 15 is 0 Å². The third-order valence-corrected chi connectivity index (χ3v) is 9.26. The van der Waals surface area contributed by atoms with Crippen molar-refractivity contribution in [2.45, 2.75) is 33.1 Å². The van der Waals surface area contributed by atoms with Crippen LogP contribution < -0.4 is 20.9 Å². The monoisotopic (exact) mass is 588 g/mol. The summed E-state index contributed by atoms with van der Waals surface area (Å²) in [6.07, 6.45) is 0. The molecule has 0 radical (unpaired) electrons. The van der Waals surface area contributed by atoms with E-state index < -0.39 is 5.41 Å². The van der Waals surface area contributed by atoms with Gasteiger partial charge < -0.3 is 20.9 Å². The second kappa shape index (κ2) is 10.9. The van der Waals surface area contributed by atoms with Crippen LogP contribution in [-0.2, 0) is 5.41 Å². The molecule has 222 valence electrons. The largest absolute Gasteiger partial charge is 0.457 e. The van der Waals surface area contributed by atoms with Crippen LogP contribution in [0.1, 0.15) is 44.5 Å². The van der Waals surface area contributed by atoms with Gasteiger partial charge >= 0.3 is 0 Å². The number of nitrogen functional groups attached to an aromatic ring is 2. The van der Waals surface area contributed by atoms with Crippen LogP contribution in [0.5, 0.6) is 23.0 Å². The molecule has 0 aromatic heterocycles. The fourth-order valence-electron chi connectivity index (χ4n) is 6.74. The van der Waals surface area contributed by atoms with Crippen molar-refractivity contribution in [3.05, 3.63) is 166 Å². The van der Waals surface area contributed by atoms with Crippen molar-refractivity contribution in [1.82, 2.24) is 0 Å². The second-order valence-electron chi connectivity index (χ2n) is 11.9. The molecule has 1 aliphatic rings. The Morgan fingerprint density at radius 3 is 1.29 bits per heavy atom. The molecule has 7 rings (SSSR count). The average Bonchev–Trinajstić information content (AvgIpc) is 3.34. The minimum absolute atomic E-state index is 0.542. The third-order valence-electron chi connectivity index (χ3n) is 9.26. The Bertz CT molecular complexity index is 1940. The molecule has 1 aliphatic carbocycles. The molecule has 6 aromatic rings. The molecule has 0 amide bonds. The van der Waals surface area contributed by atoms with Crippen molar-refractivity contribution in [3.63, 3.8) is 0 Å². The summed E-state index contributed by atoms with van der Waals surface area (Å²) < 4.78 is 12.8. The Hall–Kier alpha value is -5.48. The first kappa shape index (κ1) is 28.3. The predicted molar refractivity (Wildman–Crippen MR) is 185 cm³/mol. The van der Waals surface area contributed by atoms with E-state index in [1.807, 2.05) is 50.2 Å². The van der Waals surface area contributed by atoms with Gasteiger partial charge in [-0.1, -0.05) is 84.9 Å². The molecule has 0 heterocycles. The maximum absolute atomic E-state index is 6.42. The van der Waals surface area contributed by atoms with Gasteiger partial charge in [0.1, 0.15) is 23.0 Å². The molecule has 4 heteroatoms. The lowest BCUT2D eigenvalue weighted by Crippen LogP contribution is -2.28. The van der Waals surface area contributed by atoms with Crippen molar-refractivity contribution in [2.24, 2.45) is 0 Å². The average molecular weight is 589 g/mol. The van der Waals surface area contributed by atoms with E-state index in [1.165, 1.54) is 33.4 Å². The first-order chi connectivity index (χ1) is 21.8. The Balaban J connectivity index is 1.40. The number of benzene rings is 6. The molecule has 0 aliphatic heterocycles. The zero-order chi connectivity index (χ0) is 31.3. The van der Waals surface area contributed by atoms with Gasteiger partial charge in [0.25, 0.3) is 0 Å². The highest BCUT2D eigenvalue weighted by Gasteiger charge is 2.46. The van der Waals surface area contributed by atoms with E-state index in [1.54, 1.807) is 0 Å². The molecule has 45 heavy (non-hydrogen) atoms. The number of anilines is 2. The van der Waals surface area contributed by atoms with E-state index in [0.29, 0.717) is 11.4 Å². The lowest BCUT2D eigenvalue weighted by molar-refractivity contribution is 0.474. The van der Waals surface area contributed by atoms with Crippen LogP contribution in [0.4, 0.5) is 11.4 Å². The molecule has 0 saturated heterocycles. The number of ether oxygens (including phenoxy) is 2. The first-order valence-corrected chi connectivity index (χ1v) is 15.3. The summed E-state index contributed by atoms with van der Waals surface area (Å²) >= 11 is 0. The topological polar surface area (TPSA) is 70.5 Å². The number of rotatable bonds is 6. The zero-order valence-electron chi connectivity index (χ0n) is 26.0. The van der Waals surface area contributed by atoms with Crippen LogP contribution in [0.3, 0.4) is 0 Å². The van der Waals surface area contributed by atoms with Gasteiger partial charge in [-0.3, -0.25) is 0 Å². The molecule has 0 atom stereocenters. The molecule has 0 bridgehead atoms. The van der Waals surface area contributed by atoms with E-state index in [2.05, 4.69) is 98.8 Å². The molecular formula is C41H36N2O2. The summed E-state index contributed by atoms with van der Waals surface area (Å²) in [5.74, 6) is 3.14. The quantitative estimate of drug-likeness (QED) is 0.190. The van der Waals surface area contributed by atoms with E-state index in [0.717, 1.165) is 45.3 Å². The number of aryl methyl sites for hydroxylation is 2. The maximum atomic E-state index is 6.42. The van der Waals surface area contributed by atoms with Gasteiger partial charge in [-0.05, 0) is 109 Å². The summed E-state index contributed by atoms with van der Waals surface area (Å²) in [6, 6.07) is 42.2. The second-order valence-corrected chi connectivity index (χ2v) is 11.9. The molecule has 0 spiro atoms. The lowest BCUT2D eigenvalue weighted by Gasteiger charge is -2.34. The van der Waals surface area contributed by atoms with Gasteiger partial charge in [0.15, 0.2) is 0 Å². The first-order valence-electron chi connectivity index (χ1n) is 15.3. The molecule has 4 N–H and O–H groups in total. The predicted octanol–water partition coefficient (Wildman–Crippen LogP) is 10.0. The van der Waals surface area contributed by atoms with Gasteiger partial charge in [0.05, 0.1) is 5.41 Å². The molecule has 0 unspecified atom stereocenters. The maximum Gasteiger partial charge on any atom is 0.132 e. The van der Waals surface area contributed by atoms with Gasteiger partial charge in [0, 0.05) is 22.5 Å². The van der Waals surface area contributed by atoms with Gasteiger partial charge in [-0.2, -0.15) is 0 Å². The van der Waals surface area contributed by atoms with Crippen LogP contribution in [0.25, 0.3) is 11.1 Å². The lowest BCUT2D eigenvalue weighted by atomic mass is 9.67. The van der Waals surface area contributed by atoms with E-state index in [4.69, 9.17) is 20.9 Å². The standard InChI is InChI=1S/C41H36N2O2/c1-25-23-29(19-21-37(25)44-39-17-9-15-35(42)27(39)3)41(33-13-7-5-11-31(33)32-12-6-8-14-34(32)41)30-20-22-38(26(2)24-30)45-40-18-10-16-36(43)28(40)4/h5-24H,42-43H2,1-4H3. The minimum Gasteiger partial charge on any atom is -0.457 e. The van der Waals surface area contributed by atoms with Gasteiger partial charge in [0.2, 0.25) is 0 Å². The number of hydrogen-bond acceptors (Lipinski definition) is 4. The normalized spacial score (nSPS) is 12.8. The Morgan fingerprint density at radius 1 is 0.444 bits per heavy atom. The van der Waals surface area contributed by atoms with Crippen molar-refractivity contribution < 1.29 is 9.47 Å².